The first-order valence-electron chi connectivity index (χ1n) is 7.05. The maximum absolute atomic E-state index is 5.91. The van der Waals surface area contributed by atoms with Gasteiger partial charge in [0.05, 0.1) is 18.8 Å². The standard InChI is InChI=1S/C14H31NO2/c1-5-6-7-8-9-13(2)17-14(3)12-15-10-11-16-4/h13-15H,5-12H2,1-4H3. The van der Waals surface area contributed by atoms with Crippen molar-refractivity contribution in [2.45, 2.75) is 65.1 Å². The topological polar surface area (TPSA) is 30.5 Å². The van der Waals surface area contributed by atoms with Crippen molar-refractivity contribution in [1.82, 2.24) is 5.32 Å². The normalized spacial score (nSPS) is 14.8. The fraction of sp³-hybridized carbons (Fsp3) is 1.00. The highest BCUT2D eigenvalue weighted by molar-refractivity contribution is 4.59. The molecule has 0 aliphatic rings. The van der Waals surface area contributed by atoms with Crippen molar-refractivity contribution in [3.63, 3.8) is 0 Å². The Balaban J connectivity index is 3.35. The van der Waals surface area contributed by atoms with Crippen LogP contribution >= 0.6 is 0 Å². The van der Waals surface area contributed by atoms with Gasteiger partial charge in [0, 0.05) is 20.2 Å². The molecule has 0 aromatic rings. The van der Waals surface area contributed by atoms with Crippen LogP contribution in [0.15, 0.2) is 0 Å². The quantitative estimate of drug-likeness (QED) is 0.536. The van der Waals surface area contributed by atoms with E-state index >= 15 is 0 Å². The molecule has 3 nitrogen and oxygen atoms in total. The maximum atomic E-state index is 5.91. The molecular formula is C14H31NO2. The zero-order valence-electron chi connectivity index (χ0n) is 12.1. The van der Waals surface area contributed by atoms with E-state index in [1.54, 1.807) is 7.11 Å². The Morgan fingerprint density at radius 2 is 1.82 bits per heavy atom. The highest BCUT2D eigenvalue weighted by Gasteiger charge is 2.07. The molecule has 0 amide bonds. The number of methoxy groups -OCH3 is 1. The van der Waals surface area contributed by atoms with E-state index in [2.05, 4.69) is 26.1 Å². The Kier molecular flexibility index (Phi) is 12.3. The second kappa shape index (κ2) is 12.3. The molecule has 0 saturated carbocycles. The molecule has 0 fully saturated rings. The summed E-state index contributed by atoms with van der Waals surface area (Å²) in [5.74, 6) is 0. The van der Waals surface area contributed by atoms with Gasteiger partial charge >= 0.3 is 0 Å². The highest BCUT2D eigenvalue weighted by atomic mass is 16.5. The maximum Gasteiger partial charge on any atom is 0.0674 e. The monoisotopic (exact) mass is 245 g/mol. The lowest BCUT2D eigenvalue weighted by Gasteiger charge is -2.19. The van der Waals surface area contributed by atoms with Gasteiger partial charge in [-0.15, -0.1) is 0 Å². The third-order valence-electron chi connectivity index (χ3n) is 2.84. The SMILES string of the molecule is CCCCCCC(C)OC(C)CNCCOC. The molecule has 0 aromatic heterocycles. The molecule has 0 spiro atoms. The van der Waals surface area contributed by atoms with E-state index in [4.69, 9.17) is 9.47 Å². The average molecular weight is 245 g/mol. The minimum atomic E-state index is 0.285. The van der Waals surface area contributed by atoms with Gasteiger partial charge in [-0.3, -0.25) is 0 Å². The molecule has 0 aliphatic carbocycles. The van der Waals surface area contributed by atoms with E-state index in [0.29, 0.717) is 6.10 Å². The number of unbranched alkanes of at least 4 members (excludes halogenated alkanes) is 3. The number of hydrogen-bond acceptors (Lipinski definition) is 3. The molecule has 0 rings (SSSR count). The summed E-state index contributed by atoms with van der Waals surface area (Å²) in [5, 5.41) is 3.32. The first-order valence-corrected chi connectivity index (χ1v) is 7.05. The van der Waals surface area contributed by atoms with E-state index < -0.39 is 0 Å². The summed E-state index contributed by atoms with van der Waals surface area (Å²) < 4.78 is 10.9. The zero-order valence-corrected chi connectivity index (χ0v) is 12.1. The lowest BCUT2D eigenvalue weighted by molar-refractivity contribution is 0.00319. The van der Waals surface area contributed by atoms with Gasteiger partial charge < -0.3 is 14.8 Å². The number of ether oxygens (including phenoxy) is 2. The third-order valence-corrected chi connectivity index (χ3v) is 2.84. The van der Waals surface area contributed by atoms with Gasteiger partial charge in [0.25, 0.3) is 0 Å². The average Bonchev–Trinajstić information content (AvgIpc) is 2.30. The summed E-state index contributed by atoms with van der Waals surface area (Å²) in [7, 11) is 1.72. The van der Waals surface area contributed by atoms with Crippen LogP contribution in [0.2, 0.25) is 0 Å². The number of nitrogens with one attached hydrogen (secondary N) is 1. The van der Waals surface area contributed by atoms with Gasteiger partial charge in [0.15, 0.2) is 0 Å². The van der Waals surface area contributed by atoms with E-state index in [1.165, 1.54) is 32.1 Å². The van der Waals surface area contributed by atoms with Crippen LogP contribution in [0.5, 0.6) is 0 Å². The Hall–Kier alpha value is -0.120. The predicted molar refractivity (Wildman–Crippen MR) is 73.5 cm³/mol. The molecule has 104 valence electrons. The Morgan fingerprint density at radius 1 is 1.06 bits per heavy atom. The smallest absolute Gasteiger partial charge is 0.0674 e. The van der Waals surface area contributed by atoms with Crippen LogP contribution in [0.1, 0.15) is 52.9 Å². The minimum absolute atomic E-state index is 0.285. The molecule has 0 bridgehead atoms. The molecule has 0 aliphatic heterocycles. The molecule has 2 unspecified atom stereocenters. The van der Waals surface area contributed by atoms with Crippen molar-refractivity contribution in [1.29, 1.82) is 0 Å². The largest absolute Gasteiger partial charge is 0.383 e. The van der Waals surface area contributed by atoms with Crippen LogP contribution in [-0.4, -0.2) is 39.0 Å². The van der Waals surface area contributed by atoms with E-state index in [0.717, 1.165) is 19.7 Å². The molecule has 0 radical (unpaired) electrons. The Morgan fingerprint density at radius 3 is 2.47 bits per heavy atom. The third kappa shape index (κ3) is 12.1. The van der Waals surface area contributed by atoms with Gasteiger partial charge in [-0.1, -0.05) is 32.6 Å². The van der Waals surface area contributed by atoms with E-state index in [1.807, 2.05) is 0 Å². The fourth-order valence-electron chi connectivity index (χ4n) is 1.85. The van der Waals surface area contributed by atoms with Crippen LogP contribution in [0.4, 0.5) is 0 Å². The van der Waals surface area contributed by atoms with Crippen LogP contribution in [0, 0.1) is 0 Å². The summed E-state index contributed by atoms with van der Waals surface area (Å²) in [6.45, 7) is 9.12. The highest BCUT2D eigenvalue weighted by Crippen LogP contribution is 2.09. The van der Waals surface area contributed by atoms with Crippen molar-refractivity contribution in [3.05, 3.63) is 0 Å². The zero-order chi connectivity index (χ0) is 12.9. The second-order valence-corrected chi connectivity index (χ2v) is 4.80. The molecule has 2 atom stereocenters. The first-order chi connectivity index (χ1) is 8.20. The molecule has 0 saturated heterocycles. The lowest BCUT2D eigenvalue weighted by Crippen LogP contribution is -2.31. The molecule has 17 heavy (non-hydrogen) atoms. The molecule has 0 aromatic carbocycles. The van der Waals surface area contributed by atoms with Gasteiger partial charge in [-0.25, -0.2) is 0 Å². The molecule has 3 heteroatoms. The predicted octanol–water partition coefficient (Wildman–Crippen LogP) is 2.99. The van der Waals surface area contributed by atoms with E-state index in [9.17, 15) is 0 Å². The van der Waals surface area contributed by atoms with Crippen molar-refractivity contribution < 1.29 is 9.47 Å². The second-order valence-electron chi connectivity index (χ2n) is 4.80. The van der Waals surface area contributed by atoms with Crippen LogP contribution in [0.3, 0.4) is 0 Å². The number of rotatable bonds is 12. The molecule has 0 heterocycles. The van der Waals surface area contributed by atoms with E-state index in [-0.39, 0.29) is 6.10 Å². The van der Waals surface area contributed by atoms with Crippen molar-refractivity contribution >= 4 is 0 Å². The van der Waals surface area contributed by atoms with Gasteiger partial charge in [0.1, 0.15) is 0 Å². The van der Waals surface area contributed by atoms with Crippen LogP contribution in [-0.2, 0) is 9.47 Å². The van der Waals surface area contributed by atoms with Gasteiger partial charge in [-0.2, -0.15) is 0 Å². The van der Waals surface area contributed by atoms with Crippen molar-refractivity contribution in [2.75, 3.05) is 26.8 Å². The van der Waals surface area contributed by atoms with Crippen LogP contribution in [0.25, 0.3) is 0 Å². The van der Waals surface area contributed by atoms with Crippen molar-refractivity contribution in [3.8, 4) is 0 Å². The fourth-order valence-corrected chi connectivity index (χ4v) is 1.85. The first kappa shape index (κ1) is 16.9. The Bertz CT molecular complexity index is 137. The lowest BCUT2D eigenvalue weighted by atomic mass is 10.1. The summed E-state index contributed by atoms with van der Waals surface area (Å²) in [4.78, 5) is 0. The summed E-state index contributed by atoms with van der Waals surface area (Å²) in [5.41, 5.74) is 0. The minimum Gasteiger partial charge on any atom is -0.383 e. The number of hydrogen-bond donors (Lipinski definition) is 1. The molecular weight excluding hydrogens is 214 g/mol. The summed E-state index contributed by atoms with van der Waals surface area (Å²) in [6.07, 6.45) is 7.13. The summed E-state index contributed by atoms with van der Waals surface area (Å²) >= 11 is 0. The summed E-state index contributed by atoms with van der Waals surface area (Å²) in [6, 6.07) is 0. The van der Waals surface area contributed by atoms with Crippen LogP contribution < -0.4 is 5.32 Å². The van der Waals surface area contributed by atoms with Crippen molar-refractivity contribution in [2.24, 2.45) is 0 Å². The van der Waals surface area contributed by atoms with Gasteiger partial charge in [-0.05, 0) is 20.3 Å². The molecule has 1 N–H and O–H groups in total. The Labute approximate surface area is 107 Å². The van der Waals surface area contributed by atoms with Gasteiger partial charge in [0.2, 0.25) is 0 Å².